The van der Waals surface area contributed by atoms with Gasteiger partial charge in [-0.2, -0.15) is 15.1 Å². The van der Waals surface area contributed by atoms with Crippen molar-refractivity contribution >= 4 is 39.8 Å². The van der Waals surface area contributed by atoms with Crippen molar-refractivity contribution in [2.45, 2.75) is 27.7 Å². The fraction of sp³-hybridized carbons (Fsp3) is 0.160. The normalized spacial score (nSPS) is 16.8. The third-order valence-electron chi connectivity index (χ3n) is 5.74. The molecule has 0 unspecified atom stereocenters. The van der Waals surface area contributed by atoms with E-state index in [2.05, 4.69) is 51.7 Å². The van der Waals surface area contributed by atoms with Gasteiger partial charge in [0.15, 0.2) is 5.84 Å². The maximum atomic E-state index is 12.9. The van der Waals surface area contributed by atoms with Gasteiger partial charge in [-0.3, -0.25) is 15.2 Å². The third-order valence-corrected chi connectivity index (χ3v) is 6.70. The van der Waals surface area contributed by atoms with Crippen LogP contribution in [0.5, 0.6) is 0 Å². The maximum Gasteiger partial charge on any atom is 0.283 e. The second kappa shape index (κ2) is 7.97. The summed E-state index contributed by atoms with van der Waals surface area (Å²) in [5, 5.41) is 15.7. The molecule has 2 aliphatic heterocycles. The molecule has 33 heavy (non-hydrogen) atoms. The largest absolute Gasteiger partial charge is 0.318 e. The number of carbonyl (C=O) groups excluding carboxylic acids is 1. The number of hydrogen-bond donors (Lipinski definition) is 1. The Hall–Kier alpha value is -3.78. The first-order chi connectivity index (χ1) is 15.8. The van der Waals surface area contributed by atoms with Crippen LogP contribution in [0.25, 0.3) is 11.8 Å². The van der Waals surface area contributed by atoms with E-state index < -0.39 is 5.91 Å². The summed E-state index contributed by atoms with van der Waals surface area (Å²) in [5.74, 6) is -0.411. The van der Waals surface area contributed by atoms with Crippen LogP contribution in [0.15, 0.2) is 64.5 Å². The summed E-state index contributed by atoms with van der Waals surface area (Å²) in [6, 6.07) is 12.1. The van der Waals surface area contributed by atoms with Gasteiger partial charge in [-0.05, 0) is 86.5 Å². The minimum atomic E-state index is -0.432. The van der Waals surface area contributed by atoms with Crippen LogP contribution in [-0.2, 0) is 4.79 Å². The van der Waals surface area contributed by atoms with Crippen LogP contribution < -0.4 is 0 Å². The Labute approximate surface area is 196 Å². The molecule has 0 bridgehead atoms. The molecule has 1 amide bonds. The summed E-state index contributed by atoms with van der Waals surface area (Å²) < 4.78 is 2.19. The number of amides is 1. The van der Waals surface area contributed by atoms with E-state index >= 15 is 0 Å². The van der Waals surface area contributed by atoms with Gasteiger partial charge < -0.3 is 4.57 Å². The zero-order chi connectivity index (χ0) is 23.3. The number of hydrogen-bond acceptors (Lipinski definition) is 5. The van der Waals surface area contributed by atoms with Crippen molar-refractivity contribution in [3.05, 3.63) is 88.0 Å². The second-order valence-electron chi connectivity index (χ2n) is 8.12. The van der Waals surface area contributed by atoms with E-state index in [1.807, 2.05) is 32.0 Å². The van der Waals surface area contributed by atoms with Crippen LogP contribution in [0.3, 0.4) is 0 Å². The summed E-state index contributed by atoms with van der Waals surface area (Å²) in [5.41, 5.74) is 7.44. The molecule has 2 aromatic heterocycles. The van der Waals surface area contributed by atoms with Gasteiger partial charge in [0.1, 0.15) is 5.04 Å². The molecule has 3 aromatic rings. The molecule has 0 fully saturated rings. The molecule has 0 saturated carbocycles. The fourth-order valence-electron chi connectivity index (χ4n) is 4.02. The maximum absolute atomic E-state index is 12.9. The quantitative estimate of drug-likeness (QED) is 0.578. The van der Waals surface area contributed by atoms with Gasteiger partial charge in [-0.1, -0.05) is 12.1 Å². The highest BCUT2D eigenvalue weighted by atomic mass is 32.2. The van der Waals surface area contributed by atoms with Crippen molar-refractivity contribution in [3.63, 3.8) is 0 Å². The molecule has 0 radical (unpaired) electrons. The lowest BCUT2D eigenvalue weighted by atomic mass is 10.1. The van der Waals surface area contributed by atoms with E-state index in [-0.39, 0.29) is 11.4 Å². The van der Waals surface area contributed by atoms with Gasteiger partial charge in [-0.25, -0.2) is 0 Å². The molecular formula is C25H22N6OS. The number of benzene rings is 1. The Morgan fingerprint density at radius 2 is 1.91 bits per heavy atom. The van der Waals surface area contributed by atoms with E-state index in [4.69, 9.17) is 5.41 Å². The Morgan fingerprint density at radius 3 is 2.67 bits per heavy atom. The van der Waals surface area contributed by atoms with Gasteiger partial charge in [-0.15, -0.1) is 0 Å². The lowest BCUT2D eigenvalue weighted by molar-refractivity contribution is -0.114. The van der Waals surface area contributed by atoms with Crippen molar-refractivity contribution in [1.82, 2.24) is 14.6 Å². The predicted molar refractivity (Wildman–Crippen MR) is 133 cm³/mol. The van der Waals surface area contributed by atoms with E-state index in [1.165, 1.54) is 27.9 Å². The molecule has 1 aromatic carbocycles. The molecule has 7 nitrogen and oxygen atoms in total. The Bertz CT molecular complexity index is 1410. The van der Waals surface area contributed by atoms with Gasteiger partial charge in [0.25, 0.3) is 5.91 Å². The first-order valence-electron chi connectivity index (χ1n) is 10.5. The minimum absolute atomic E-state index is 0.0212. The van der Waals surface area contributed by atoms with Gasteiger partial charge in [0, 0.05) is 35.0 Å². The average molecular weight is 455 g/mol. The van der Waals surface area contributed by atoms with Crippen LogP contribution in [0.1, 0.15) is 33.6 Å². The number of aromatic nitrogens is 2. The standard InChI is InChI=1S/C25H22N6OS/c1-14-7-8-15(2)21(10-14)30-16(3)11-19(17(30)4)12-20-22(26)31-25(28-23(20)32)33-24(29-31)18-6-5-9-27-13-18/h5-13,26H,1-4H3. The van der Waals surface area contributed by atoms with E-state index in [0.29, 0.717) is 10.2 Å². The molecular weight excluding hydrogens is 432 g/mol. The van der Waals surface area contributed by atoms with Crippen LogP contribution >= 0.6 is 11.8 Å². The highest BCUT2D eigenvalue weighted by Crippen LogP contribution is 2.32. The number of amidine groups is 2. The number of aryl methyl sites for hydroxylation is 3. The number of rotatable bonds is 3. The average Bonchev–Trinajstić information content (AvgIpc) is 3.34. The van der Waals surface area contributed by atoms with Gasteiger partial charge in [0.2, 0.25) is 5.17 Å². The van der Waals surface area contributed by atoms with Crippen LogP contribution in [-0.4, -0.2) is 36.5 Å². The lowest BCUT2D eigenvalue weighted by Gasteiger charge is -2.20. The summed E-state index contributed by atoms with van der Waals surface area (Å²) in [7, 11) is 0. The Morgan fingerprint density at radius 1 is 1.09 bits per heavy atom. The summed E-state index contributed by atoms with van der Waals surface area (Å²) >= 11 is 1.27. The fourth-order valence-corrected chi connectivity index (χ4v) is 4.90. The van der Waals surface area contributed by atoms with Crippen molar-refractivity contribution in [2.75, 3.05) is 0 Å². The zero-order valence-electron chi connectivity index (χ0n) is 18.7. The summed E-state index contributed by atoms with van der Waals surface area (Å²) in [6.45, 7) is 8.23. The number of nitrogens with zero attached hydrogens (tertiary/aromatic N) is 5. The van der Waals surface area contributed by atoms with Crippen molar-refractivity contribution in [2.24, 2.45) is 10.1 Å². The first-order valence-corrected chi connectivity index (χ1v) is 11.3. The van der Waals surface area contributed by atoms with Crippen molar-refractivity contribution in [3.8, 4) is 5.69 Å². The zero-order valence-corrected chi connectivity index (χ0v) is 19.6. The summed E-state index contributed by atoms with van der Waals surface area (Å²) in [4.78, 5) is 21.2. The SMILES string of the molecule is Cc1ccc(C)c(-n2c(C)cc(C=C3C(=N)N4N=C(c5cccnc5)SC4=NC3=O)c2C)c1. The lowest BCUT2D eigenvalue weighted by Crippen LogP contribution is -2.35. The molecule has 0 saturated heterocycles. The van der Waals surface area contributed by atoms with Crippen LogP contribution in [0, 0.1) is 33.1 Å². The number of hydrazone groups is 1. The van der Waals surface area contributed by atoms with Crippen LogP contribution in [0.2, 0.25) is 0 Å². The molecule has 0 spiro atoms. The van der Waals surface area contributed by atoms with E-state index in [9.17, 15) is 4.79 Å². The predicted octanol–water partition coefficient (Wildman–Crippen LogP) is 4.77. The first kappa shape index (κ1) is 21.1. The highest BCUT2D eigenvalue weighted by Gasteiger charge is 2.36. The number of carbonyl (C=O) groups is 1. The third kappa shape index (κ3) is 3.62. The Kier molecular flexibility index (Phi) is 5.09. The van der Waals surface area contributed by atoms with Gasteiger partial charge >= 0.3 is 0 Å². The number of pyridine rings is 1. The Balaban J connectivity index is 1.54. The highest BCUT2D eigenvalue weighted by molar-refractivity contribution is 8.27. The smallest absolute Gasteiger partial charge is 0.283 e. The molecule has 0 aliphatic carbocycles. The molecule has 0 atom stereocenters. The monoisotopic (exact) mass is 454 g/mol. The molecule has 164 valence electrons. The molecule has 4 heterocycles. The van der Waals surface area contributed by atoms with Gasteiger partial charge in [0.05, 0.1) is 5.57 Å². The van der Waals surface area contributed by atoms with Crippen molar-refractivity contribution in [1.29, 1.82) is 5.41 Å². The molecule has 2 aliphatic rings. The molecule has 1 N–H and O–H groups in total. The molecule has 5 rings (SSSR count). The summed E-state index contributed by atoms with van der Waals surface area (Å²) in [6.07, 6.45) is 5.14. The number of aliphatic imine (C=N–C) groups is 1. The van der Waals surface area contributed by atoms with E-state index in [0.717, 1.165) is 28.2 Å². The van der Waals surface area contributed by atoms with Crippen LogP contribution in [0.4, 0.5) is 0 Å². The molecule has 8 heteroatoms. The number of thioether (sulfide) groups is 1. The number of fused-ring (bicyclic) bond motifs is 1. The minimum Gasteiger partial charge on any atom is -0.318 e. The van der Waals surface area contributed by atoms with Crippen molar-refractivity contribution < 1.29 is 4.79 Å². The topological polar surface area (TPSA) is 86.7 Å². The second-order valence-corrected chi connectivity index (χ2v) is 9.07. The number of nitrogens with one attached hydrogen (secondary N) is 1. The van der Waals surface area contributed by atoms with E-state index in [1.54, 1.807) is 18.5 Å².